The number of carbonyl (C=O) groups excluding carboxylic acids is 1. The molecule has 0 aliphatic carbocycles. The Kier molecular flexibility index (Phi) is 4.29. The number of alkyl halides is 3. The van der Waals surface area contributed by atoms with Gasteiger partial charge in [0.1, 0.15) is 6.04 Å². The Labute approximate surface area is 93.7 Å². The first-order valence-electron chi connectivity index (χ1n) is 4.64. The highest BCUT2D eigenvalue weighted by molar-refractivity contribution is 5.86. The minimum absolute atomic E-state index is 0.240. The van der Waals surface area contributed by atoms with Crippen LogP contribution in [-0.4, -0.2) is 48.7 Å². The van der Waals surface area contributed by atoms with Crippen LogP contribution in [0.15, 0.2) is 0 Å². The summed E-state index contributed by atoms with van der Waals surface area (Å²) in [6.45, 7) is 0.481. The number of hydrogen-bond acceptors (Lipinski definition) is 4. The number of nitrogens with one attached hydrogen (secondary N) is 1. The fourth-order valence-electron chi connectivity index (χ4n) is 1.20. The van der Waals surface area contributed by atoms with E-state index in [4.69, 9.17) is 14.6 Å². The van der Waals surface area contributed by atoms with Crippen LogP contribution >= 0.6 is 0 Å². The number of carboxylic acids is 1. The molecule has 1 aliphatic heterocycles. The van der Waals surface area contributed by atoms with Crippen LogP contribution in [-0.2, 0) is 19.1 Å². The van der Waals surface area contributed by atoms with Gasteiger partial charge in [0, 0.05) is 6.42 Å². The van der Waals surface area contributed by atoms with Crippen molar-refractivity contribution in [1.82, 2.24) is 5.32 Å². The number of carboxylic acid groups (broad SMARTS) is 1. The summed E-state index contributed by atoms with van der Waals surface area (Å²) in [5.41, 5.74) is 0. The largest absolute Gasteiger partial charge is 0.480 e. The zero-order valence-electron chi connectivity index (χ0n) is 8.49. The lowest BCUT2D eigenvalue weighted by Crippen LogP contribution is -2.48. The lowest BCUT2D eigenvalue weighted by molar-refractivity contribution is -0.176. The van der Waals surface area contributed by atoms with Crippen molar-refractivity contribution in [2.24, 2.45) is 0 Å². The Morgan fingerprint density at radius 3 is 2.29 bits per heavy atom. The summed E-state index contributed by atoms with van der Waals surface area (Å²) >= 11 is 0. The molecule has 1 fully saturated rings. The minimum atomic E-state index is -5.12. The van der Waals surface area contributed by atoms with E-state index in [0.29, 0.717) is 0 Å². The van der Waals surface area contributed by atoms with Crippen molar-refractivity contribution in [3.8, 4) is 0 Å². The first-order valence-corrected chi connectivity index (χ1v) is 4.64. The Balaban J connectivity index is 2.54. The number of rotatable bonds is 4. The van der Waals surface area contributed by atoms with Crippen LogP contribution < -0.4 is 5.32 Å². The summed E-state index contributed by atoms with van der Waals surface area (Å²) in [6, 6.07) is -1.70. The van der Waals surface area contributed by atoms with Gasteiger partial charge in [0.2, 0.25) is 0 Å². The van der Waals surface area contributed by atoms with Crippen LogP contribution in [0.1, 0.15) is 6.42 Å². The second-order valence-electron chi connectivity index (χ2n) is 3.27. The van der Waals surface area contributed by atoms with Crippen LogP contribution in [0, 0.1) is 0 Å². The fourth-order valence-corrected chi connectivity index (χ4v) is 1.20. The highest BCUT2D eigenvalue weighted by Gasteiger charge is 2.41. The summed E-state index contributed by atoms with van der Waals surface area (Å²) in [7, 11) is 0. The number of ether oxygens (including phenoxy) is 2. The average molecular weight is 257 g/mol. The zero-order valence-corrected chi connectivity index (χ0v) is 8.49. The maximum Gasteiger partial charge on any atom is 0.471 e. The summed E-state index contributed by atoms with van der Waals surface area (Å²) in [6.07, 6.45) is -6.41. The van der Waals surface area contributed by atoms with Gasteiger partial charge in [0.15, 0.2) is 6.29 Å². The van der Waals surface area contributed by atoms with E-state index in [2.05, 4.69) is 0 Å². The molecule has 1 atom stereocenters. The van der Waals surface area contributed by atoms with E-state index in [-0.39, 0.29) is 19.6 Å². The average Bonchev–Trinajstić information content (AvgIpc) is 2.67. The van der Waals surface area contributed by atoms with Gasteiger partial charge < -0.3 is 19.9 Å². The Morgan fingerprint density at radius 1 is 1.35 bits per heavy atom. The molecular weight excluding hydrogens is 247 g/mol. The molecule has 0 aromatic heterocycles. The summed E-state index contributed by atoms with van der Waals surface area (Å²) in [4.78, 5) is 21.2. The van der Waals surface area contributed by atoms with Crippen LogP contribution in [0.2, 0.25) is 0 Å². The zero-order chi connectivity index (χ0) is 13.1. The van der Waals surface area contributed by atoms with Gasteiger partial charge >= 0.3 is 18.1 Å². The van der Waals surface area contributed by atoms with E-state index in [1.54, 1.807) is 0 Å². The highest BCUT2D eigenvalue weighted by atomic mass is 19.4. The van der Waals surface area contributed by atoms with Crippen LogP contribution in [0.4, 0.5) is 13.2 Å². The van der Waals surface area contributed by atoms with Crippen molar-refractivity contribution in [3.05, 3.63) is 0 Å². The van der Waals surface area contributed by atoms with Gasteiger partial charge in [0.25, 0.3) is 0 Å². The molecule has 0 spiro atoms. The third-order valence-electron chi connectivity index (χ3n) is 1.98. The predicted molar refractivity (Wildman–Crippen MR) is 45.9 cm³/mol. The standard InChI is InChI=1S/C8H10F3NO5/c9-8(10,11)7(15)12-4(6(13)14)3-5-16-1-2-17-5/h4-5H,1-3H2,(H,12,15)(H,13,14)/t4-/m0/s1. The first kappa shape index (κ1) is 13.7. The van der Waals surface area contributed by atoms with Gasteiger partial charge in [-0.1, -0.05) is 0 Å². The molecule has 0 saturated carbocycles. The van der Waals surface area contributed by atoms with Gasteiger partial charge in [-0.05, 0) is 0 Å². The van der Waals surface area contributed by atoms with E-state index in [1.165, 1.54) is 5.32 Å². The number of halogens is 3. The van der Waals surface area contributed by atoms with Crippen molar-refractivity contribution in [2.75, 3.05) is 13.2 Å². The van der Waals surface area contributed by atoms with E-state index in [0.717, 1.165) is 0 Å². The third kappa shape index (κ3) is 4.19. The van der Waals surface area contributed by atoms with Gasteiger partial charge in [-0.2, -0.15) is 13.2 Å². The summed E-state index contributed by atoms with van der Waals surface area (Å²) in [5.74, 6) is -3.88. The van der Waals surface area contributed by atoms with Crippen LogP contribution in [0.3, 0.4) is 0 Å². The molecule has 0 aromatic carbocycles. The lowest BCUT2D eigenvalue weighted by Gasteiger charge is -2.18. The Hall–Kier alpha value is -1.35. The van der Waals surface area contributed by atoms with Gasteiger partial charge in [0.05, 0.1) is 13.2 Å². The first-order chi connectivity index (χ1) is 7.80. The second kappa shape index (κ2) is 5.32. The predicted octanol–water partition coefficient (Wildman–Crippen LogP) is -0.119. The molecule has 1 heterocycles. The molecular formula is C8H10F3NO5. The topological polar surface area (TPSA) is 84.9 Å². The molecule has 17 heavy (non-hydrogen) atoms. The molecule has 1 amide bonds. The van der Waals surface area contributed by atoms with Crippen LogP contribution in [0.25, 0.3) is 0 Å². The van der Waals surface area contributed by atoms with Gasteiger partial charge in [-0.15, -0.1) is 0 Å². The SMILES string of the molecule is O=C(O)[C@H](CC1OCCO1)NC(=O)C(F)(F)F. The molecule has 1 rings (SSSR count). The molecule has 0 aromatic rings. The molecule has 98 valence electrons. The van der Waals surface area contributed by atoms with E-state index in [1.807, 2.05) is 0 Å². The molecule has 0 radical (unpaired) electrons. The second-order valence-corrected chi connectivity index (χ2v) is 3.27. The maximum absolute atomic E-state index is 11.9. The normalized spacial score (nSPS) is 19.0. The quantitative estimate of drug-likeness (QED) is 0.733. The van der Waals surface area contributed by atoms with E-state index >= 15 is 0 Å². The molecule has 6 nitrogen and oxygen atoms in total. The summed E-state index contributed by atoms with van der Waals surface area (Å²) in [5, 5.41) is 10.0. The molecule has 1 aliphatic rings. The van der Waals surface area contributed by atoms with Crippen molar-refractivity contribution >= 4 is 11.9 Å². The van der Waals surface area contributed by atoms with Crippen LogP contribution in [0.5, 0.6) is 0 Å². The molecule has 0 unspecified atom stereocenters. The van der Waals surface area contributed by atoms with E-state index in [9.17, 15) is 22.8 Å². The molecule has 0 bridgehead atoms. The number of amides is 1. The number of carbonyl (C=O) groups is 2. The third-order valence-corrected chi connectivity index (χ3v) is 1.98. The van der Waals surface area contributed by atoms with Crippen molar-refractivity contribution in [3.63, 3.8) is 0 Å². The van der Waals surface area contributed by atoms with Gasteiger partial charge in [-0.3, -0.25) is 4.79 Å². The Bertz CT molecular complexity index is 300. The number of hydrogen-bond donors (Lipinski definition) is 2. The van der Waals surface area contributed by atoms with E-state index < -0.39 is 30.4 Å². The molecule has 1 saturated heterocycles. The monoisotopic (exact) mass is 257 g/mol. The smallest absolute Gasteiger partial charge is 0.471 e. The maximum atomic E-state index is 11.9. The summed E-state index contributed by atoms with van der Waals surface area (Å²) < 4.78 is 45.5. The lowest BCUT2D eigenvalue weighted by atomic mass is 10.2. The van der Waals surface area contributed by atoms with Crippen molar-refractivity contribution < 1.29 is 37.3 Å². The molecule has 2 N–H and O–H groups in total. The highest BCUT2D eigenvalue weighted by Crippen LogP contribution is 2.16. The van der Waals surface area contributed by atoms with Crippen molar-refractivity contribution in [2.45, 2.75) is 24.9 Å². The minimum Gasteiger partial charge on any atom is -0.480 e. The fraction of sp³-hybridized carbons (Fsp3) is 0.750. The number of aliphatic carboxylic acids is 1. The molecule has 9 heteroatoms. The van der Waals surface area contributed by atoms with Crippen molar-refractivity contribution in [1.29, 1.82) is 0 Å². The Morgan fingerprint density at radius 2 is 1.88 bits per heavy atom. The van der Waals surface area contributed by atoms with Gasteiger partial charge in [-0.25, -0.2) is 4.79 Å².